The fourth-order valence-corrected chi connectivity index (χ4v) is 1.50. The van der Waals surface area contributed by atoms with E-state index in [0.717, 1.165) is 0 Å². The average molecular weight is 330 g/mol. The highest BCUT2D eigenvalue weighted by molar-refractivity contribution is 5.92. The van der Waals surface area contributed by atoms with Crippen LogP contribution in [0.15, 0.2) is 18.5 Å². The molecule has 0 aliphatic heterocycles. The molecule has 0 aromatic carbocycles. The number of pyridine rings is 1. The summed E-state index contributed by atoms with van der Waals surface area (Å²) >= 11 is 0. The zero-order valence-electron chi connectivity index (χ0n) is 13.2. The Morgan fingerprint density at radius 3 is 2.57 bits per heavy atom. The molecule has 1 heterocycles. The molecule has 0 unspecified atom stereocenters. The number of nitrogens with zero attached hydrogens (tertiary/aromatic N) is 1. The molecular weight excluding hydrogens is 310 g/mol. The average Bonchev–Trinajstić information content (AvgIpc) is 2.50. The van der Waals surface area contributed by atoms with E-state index >= 15 is 0 Å². The number of hydrogen-bond donors (Lipinski definition) is 1. The van der Waals surface area contributed by atoms with Gasteiger partial charge in [0.25, 0.3) is 12.3 Å². The first-order chi connectivity index (χ1) is 10.8. The second-order valence-electron chi connectivity index (χ2n) is 5.30. The number of esters is 1. The number of nitrogens with one attached hydrogen (secondary N) is 1. The second kappa shape index (κ2) is 9.02. The highest BCUT2D eigenvalue weighted by atomic mass is 19.3. The van der Waals surface area contributed by atoms with Gasteiger partial charge in [-0.1, -0.05) is 13.8 Å². The third kappa shape index (κ3) is 7.03. The van der Waals surface area contributed by atoms with Gasteiger partial charge in [-0.05, 0) is 18.9 Å². The summed E-state index contributed by atoms with van der Waals surface area (Å²) in [5, 5.41) is 2.64. The van der Waals surface area contributed by atoms with E-state index in [2.05, 4.69) is 10.3 Å². The number of alkyl halides is 2. The molecule has 0 fully saturated rings. The van der Waals surface area contributed by atoms with E-state index in [4.69, 9.17) is 9.47 Å². The molecule has 1 amide bonds. The van der Waals surface area contributed by atoms with Crippen LogP contribution in [0.2, 0.25) is 0 Å². The molecular formula is C15H20F2N2O4. The molecule has 1 rings (SSSR count). The summed E-state index contributed by atoms with van der Waals surface area (Å²) in [5.74, 6) is -0.899. The third-order valence-corrected chi connectivity index (χ3v) is 2.66. The predicted octanol–water partition coefficient (Wildman–Crippen LogP) is 2.04. The van der Waals surface area contributed by atoms with Crippen LogP contribution in [0.25, 0.3) is 0 Å². The van der Waals surface area contributed by atoms with E-state index in [0.29, 0.717) is 6.54 Å². The van der Waals surface area contributed by atoms with Gasteiger partial charge in [0.1, 0.15) is 12.4 Å². The van der Waals surface area contributed by atoms with Gasteiger partial charge >= 0.3 is 5.97 Å². The van der Waals surface area contributed by atoms with E-state index < -0.39 is 31.0 Å². The predicted molar refractivity (Wildman–Crippen MR) is 78.5 cm³/mol. The monoisotopic (exact) mass is 330 g/mol. The van der Waals surface area contributed by atoms with Crippen LogP contribution >= 0.6 is 0 Å². The van der Waals surface area contributed by atoms with Crippen LogP contribution in [0.5, 0.6) is 5.75 Å². The van der Waals surface area contributed by atoms with Gasteiger partial charge in [-0.3, -0.25) is 9.78 Å². The number of carbonyl (C=O) groups is 2. The zero-order valence-corrected chi connectivity index (χ0v) is 13.2. The maximum Gasteiger partial charge on any atom is 0.340 e. The first kappa shape index (κ1) is 18.8. The smallest absolute Gasteiger partial charge is 0.340 e. The lowest BCUT2D eigenvalue weighted by Crippen LogP contribution is -2.37. The molecule has 0 bridgehead atoms. The lowest BCUT2D eigenvalue weighted by Gasteiger charge is -2.14. The van der Waals surface area contributed by atoms with Crippen molar-refractivity contribution in [2.45, 2.75) is 33.3 Å². The Labute approximate surface area is 133 Å². The van der Waals surface area contributed by atoms with Gasteiger partial charge in [0.2, 0.25) is 0 Å². The topological polar surface area (TPSA) is 77.5 Å². The molecule has 0 spiro atoms. The summed E-state index contributed by atoms with van der Waals surface area (Å²) < 4.78 is 34.0. The van der Waals surface area contributed by atoms with Crippen LogP contribution < -0.4 is 10.1 Å². The molecule has 23 heavy (non-hydrogen) atoms. The molecule has 1 aromatic heterocycles. The minimum atomic E-state index is -2.63. The van der Waals surface area contributed by atoms with Crippen LogP contribution in [-0.2, 0) is 9.53 Å². The number of hydrogen-bond acceptors (Lipinski definition) is 5. The Morgan fingerprint density at radius 2 is 1.96 bits per heavy atom. The van der Waals surface area contributed by atoms with Gasteiger partial charge in [-0.2, -0.15) is 0 Å². The van der Waals surface area contributed by atoms with E-state index in [9.17, 15) is 18.4 Å². The van der Waals surface area contributed by atoms with Gasteiger partial charge in [-0.15, -0.1) is 0 Å². The van der Waals surface area contributed by atoms with Crippen molar-refractivity contribution in [3.8, 4) is 5.75 Å². The normalized spacial score (nSPS) is 12.1. The van der Waals surface area contributed by atoms with Crippen LogP contribution in [0.1, 0.15) is 31.1 Å². The quantitative estimate of drug-likeness (QED) is 0.738. The van der Waals surface area contributed by atoms with Crippen molar-refractivity contribution in [2.75, 3.05) is 13.2 Å². The van der Waals surface area contributed by atoms with Crippen molar-refractivity contribution in [1.82, 2.24) is 10.3 Å². The van der Waals surface area contributed by atoms with Gasteiger partial charge in [0.15, 0.2) is 6.10 Å². The molecule has 0 aliphatic rings. The van der Waals surface area contributed by atoms with E-state index in [-0.39, 0.29) is 17.2 Å². The Morgan fingerprint density at radius 1 is 1.26 bits per heavy atom. The Balaban J connectivity index is 2.60. The van der Waals surface area contributed by atoms with Crippen molar-refractivity contribution in [3.63, 3.8) is 0 Å². The molecule has 1 aromatic rings. The molecule has 0 radical (unpaired) electrons. The summed E-state index contributed by atoms with van der Waals surface area (Å²) in [7, 11) is 0. The lowest BCUT2D eigenvalue weighted by molar-refractivity contribution is -0.129. The zero-order chi connectivity index (χ0) is 17.4. The standard InChI is InChI=1S/C15H20F2N2O4/c1-9(2)5-19-14(20)10(3)23-15(21)11-4-12(7-18-6-11)22-8-13(16)17/h4,6-7,9-10,13H,5,8H2,1-3H3,(H,19,20)/t10-/m1/s1. The third-order valence-electron chi connectivity index (χ3n) is 2.66. The summed E-state index contributed by atoms with van der Waals surface area (Å²) in [6.07, 6.45) is -1.20. The maximum absolute atomic E-state index is 12.1. The summed E-state index contributed by atoms with van der Waals surface area (Å²) in [6.45, 7) is 4.99. The van der Waals surface area contributed by atoms with Gasteiger partial charge in [0.05, 0.1) is 11.8 Å². The largest absolute Gasteiger partial charge is 0.486 e. The highest BCUT2D eigenvalue weighted by Crippen LogP contribution is 2.14. The first-order valence-corrected chi connectivity index (χ1v) is 7.14. The number of amides is 1. The van der Waals surface area contributed by atoms with Crippen LogP contribution in [0.4, 0.5) is 8.78 Å². The van der Waals surface area contributed by atoms with Gasteiger partial charge < -0.3 is 14.8 Å². The Kier molecular flexibility index (Phi) is 7.37. The number of ether oxygens (including phenoxy) is 2. The molecule has 0 aliphatic carbocycles. The number of carbonyl (C=O) groups excluding carboxylic acids is 2. The Bertz CT molecular complexity index is 538. The van der Waals surface area contributed by atoms with E-state index in [1.165, 1.54) is 25.4 Å². The highest BCUT2D eigenvalue weighted by Gasteiger charge is 2.19. The first-order valence-electron chi connectivity index (χ1n) is 7.14. The number of halogens is 2. The fraction of sp³-hybridized carbons (Fsp3) is 0.533. The number of rotatable bonds is 8. The van der Waals surface area contributed by atoms with Crippen LogP contribution in [-0.4, -0.2) is 42.5 Å². The minimum Gasteiger partial charge on any atom is -0.486 e. The van der Waals surface area contributed by atoms with E-state index in [1.807, 2.05) is 13.8 Å². The second-order valence-corrected chi connectivity index (χ2v) is 5.30. The van der Waals surface area contributed by atoms with Crippen LogP contribution in [0, 0.1) is 5.92 Å². The molecule has 1 N–H and O–H groups in total. The molecule has 128 valence electrons. The van der Waals surface area contributed by atoms with Crippen molar-refractivity contribution in [2.24, 2.45) is 5.92 Å². The molecule has 1 atom stereocenters. The van der Waals surface area contributed by atoms with Crippen molar-refractivity contribution < 1.29 is 27.8 Å². The fourth-order valence-electron chi connectivity index (χ4n) is 1.50. The lowest BCUT2D eigenvalue weighted by atomic mass is 10.2. The van der Waals surface area contributed by atoms with Crippen molar-refractivity contribution in [3.05, 3.63) is 24.0 Å². The number of aromatic nitrogens is 1. The molecule has 0 saturated heterocycles. The minimum absolute atomic E-state index is 0.0141. The summed E-state index contributed by atoms with van der Waals surface area (Å²) in [6, 6.07) is 1.23. The molecule has 6 nitrogen and oxygen atoms in total. The van der Waals surface area contributed by atoms with Crippen LogP contribution in [0.3, 0.4) is 0 Å². The van der Waals surface area contributed by atoms with Gasteiger partial charge in [-0.25, -0.2) is 13.6 Å². The summed E-state index contributed by atoms with van der Waals surface area (Å²) in [5.41, 5.74) is 0.0141. The molecule has 0 saturated carbocycles. The van der Waals surface area contributed by atoms with Crippen molar-refractivity contribution in [1.29, 1.82) is 0 Å². The maximum atomic E-state index is 12.1. The van der Waals surface area contributed by atoms with Crippen molar-refractivity contribution >= 4 is 11.9 Å². The van der Waals surface area contributed by atoms with Gasteiger partial charge in [0, 0.05) is 12.7 Å². The summed E-state index contributed by atoms with van der Waals surface area (Å²) in [4.78, 5) is 27.4. The molecule has 8 heteroatoms. The Hall–Kier alpha value is -2.25. The van der Waals surface area contributed by atoms with E-state index in [1.54, 1.807) is 0 Å². The SMILES string of the molecule is CC(C)CNC(=O)[C@@H](C)OC(=O)c1cncc(OCC(F)F)c1.